The molecular formula is C26H21Cl2NO4S2. The first-order chi connectivity index (χ1) is 16.6. The van der Waals surface area contributed by atoms with Crippen molar-refractivity contribution >= 4 is 61.7 Å². The predicted molar refractivity (Wildman–Crippen MR) is 141 cm³/mol. The molecule has 1 atom stereocenters. The van der Waals surface area contributed by atoms with Crippen LogP contribution in [0.4, 0.5) is 0 Å². The highest BCUT2D eigenvalue weighted by atomic mass is 35.5. The number of carbonyl (C=O) groups is 1. The van der Waals surface area contributed by atoms with Crippen molar-refractivity contribution in [2.24, 2.45) is 0 Å². The average Bonchev–Trinajstić information content (AvgIpc) is 3.33. The van der Waals surface area contributed by atoms with Crippen LogP contribution in [0.5, 0.6) is 0 Å². The number of fused-ring (bicyclic) bond motifs is 3. The van der Waals surface area contributed by atoms with Gasteiger partial charge in [-0.1, -0.05) is 47.1 Å². The lowest BCUT2D eigenvalue weighted by Crippen LogP contribution is -2.04. The second kappa shape index (κ2) is 9.21. The summed E-state index contributed by atoms with van der Waals surface area (Å²) in [6.07, 6.45) is 1.88. The van der Waals surface area contributed by atoms with Crippen molar-refractivity contribution in [2.45, 2.75) is 40.0 Å². The number of nitrogens with zero attached hydrogens (tertiary/aromatic N) is 1. The number of halogens is 2. The molecule has 3 aromatic carbocycles. The molecule has 5 rings (SSSR count). The van der Waals surface area contributed by atoms with Gasteiger partial charge in [0.2, 0.25) is 0 Å². The number of carboxylic acid groups (broad SMARTS) is 1. The van der Waals surface area contributed by atoms with Crippen LogP contribution in [0.1, 0.15) is 24.5 Å². The molecular weight excluding hydrogens is 525 g/mol. The summed E-state index contributed by atoms with van der Waals surface area (Å²) >= 11 is 13.6. The third kappa shape index (κ3) is 4.70. The largest absolute Gasteiger partial charge is 0.481 e. The minimum atomic E-state index is -3.61. The van der Waals surface area contributed by atoms with Crippen molar-refractivity contribution < 1.29 is 18.3 Å². The van der Waals surface area contributed by atoms with E-state index in [0.717, 1.165) is 32.1 Å². The van der Waals surface area contributed by atoms with E-state index in [1.54, 1.807) is 30.3 Å². The Labute approximate surface area is 217 Å². The zero-order chi connectivity index (χ0) is 24.9. The molecule has 1 aliphatic heterocycles. The fraction of sp³-hybridized carbons (Fsp3) is 0.192. The van der Waals surface area contributed by atoms with Gasteiger partial charge in [-0.2, -0.15) is 0 Å². The fourth-order valence-electron chi connectivity index (χ4n) is 4.73. The number of hydrogen-bond acceptors (Lipinski definition) is 4. The molecule has 0 bridgehead atoms. The number of rotatable bonds is 6. The Hall–Kier alpha value is -2.45. The van der Waals surface area contributed by atoms with Crippen LogP contribution in [0.3, 0.4) is 0 Å². The molecule has 0 saturated heterocycles. The van der Waals surface area contributed by atoms with E-state index in [-0.39, 0.29) is 17.2 Å². The van der Waals surface area contributed by atoms with Crippen LogP contribution in [0.2, 0.25) is 10.0 Å². The van der Waals surface area contributed by atoms with E-state index in [1.807, 2.05) is 30.3 Å². The first-order valence-corrected chi connectivity index (χ1v) is 14.4. The molecule has 0 radical (unpaired) electrons. The summed E-state index contributed by atoms with van der Waals surface area (Å²) in [4.78, 5) is 13.6. The normalized spacial score (nSPS) is 15.5. The van der Waals surface area contributed by atoms with E-state index in [1.165, 1.54) is 18.0 Å². The molecule has 180 valence electrons. The van der Waals surface area contributed by atoms with Gasteiger partial charge in [0, 0.05) is 49.6 Å². The highest BCUT2D eigenvalue weighted by Crippen LogP contribution is 2.49. The lowest BCUT2D eigenvalue weighted by Gasteiger charge is -2.12. The van der Waals surface area contributed by atoms with Gasteiger partial charge >= 0.3 is 5.97 Å². The topological polar surface area (TPSA) is 76.4 Å². The van der Waals surface area contributed by atoms with Crippen LogP contribution < -0.4 is 0 Å². The summed E-state index contributed by atoms with van der Waals surface area (Å²) in [5.41, 5.74) is 3.28. The van der Waals surface area contributed by atoms with Crippen LogP contribution >= 0.6 is 35.0 Å². The number of aliphatic carboxylic acids is 1. The van der Waals surface area contributed by atoms with E-state index < -0.39 is 15.8 Å². The van der Waals surface area contributed by atoms with Crippen molar-refractivity contribution in [2.75, 3.05) is 6.26 Å². The molecule has 1 aromatic heterocycles. The molecule has 1 N–H and O–H groups in total. The summed E-state index contributed by atoms with van der Waals surface area (Å²) in [6.45, 7) is 0.623. The third-order valence-electron chi connectivity index (χ3n) is 6.24. The molecule has 4 aromatic rings. The summed E-state index contributed by atoms with van der Waals surface area (Å²) in [5.74, 6) is -1.08. The van der Waals surface area contributed by atoms with Gasteiger partial charge in [0.1, 0.15) is 0 Å². The van der Waals surface area contributed by atoms with Crippen LogP contribution in [-0.4, -0.2) is 30.3 Å². The molecule has 0 amide bonds. The number of hydrogen-bond donors (Lipinski definition) is 1. The van der Waals surface area contributed by atoms with Crippen molar-refractivity contribution in [3.63, 3.8) is 0 Å². The number of sulfone groups is 1. The Kier molecular flexibility index (Phi) is 6.38. The lowest BCUT2D eigenvalue weighted by atomic mass is 9.99. The average molecular weight is 546 g/mol. The maximum Gasteiger partial charge on any atom is 0.304 e. The van der Waals surface area contributed by atoms with Gasteiger partial charge in [-0.15, -0.1) is 0 Å². The Balaban J connectivity index is 1.81. The van der Waals surface area contributed by atoms with Gasteiger partial charge in [0.15, 0.2) is 9.84 Å². The minimum Gasteiger partial charge on any atom is -0.481 e. The first-order valence-electron chi connectivity index (χ1n) is 10.9. The first kappa shape index (κ1) is 24.3. The highest BCUT2D eigenvalue weighted by Gasteiger charge is 2.34. The molecule has 0 saturated carbocycles. The van der Waals surface area contributed by atoms with E-state index in [9.17, 15) is 18.3 Å². The van der Waals surface area contributed by atoms with Gasteiger partial charge < -0.3 is 9.67 Å². The monoisotopic (exact) mass is 545 g/mol. The van der Waals surface area contributed by atoms with Crippen LogP contribution in [0, 0.1) is 0 Å². The summed E-state index contributed by atoms with van der Waals surface area (Å²) in [5, 5.41) is 11.4. The van der Waals surface area contributed by atoms with Crippen molar-refractivity contribution in [1.29, 1.82) is 0 Å². The summed E-state index contributed by atoms with van der Waals surface area (Å²) in [6, 6.07) is 18.3. The fourth-order valence-corrected chi connectivity index (χ4v) is 7.17. The van der Waals surface area contributed by atoms with E-state index in [0.29, 0.717) is 28.4 Å². The minimum absolute atomic E-state index is 0.0112. The Bertz CT molecular complexity index is 1560. The van der Waals surface area contributed by atoms with Crippen molar-refractivity contribution in [1.82, 2.24) is 4.57 Å². The maximum absolute atomic E-state index is 13.1. The van der Waals surface area contributed by atoms with Crippen LogP contribution in [0.25, 0.3) is 22.0 Å². The number of aryl methyl sites for hydroxylation is 1. The van der Waals surface area contributed by atoms with Gasteiger partial charge in [0.25, 0.3) is 0 Å². The molecule has 0 fully saturated rings. The number of benzene rings is 3. The molecule has 9 heteroatoms. The van der Waals surface area contributed by atoms with Gasteiger partial charge in [-0.25, -0.2) is 8.42 Å². The van der Waals surface area contributed by atoms with Crippen LogP contribution in [-0.2, 0) is 21.2 Å². The maximum atomic E-state index is 13.1. The second-order valence-electron chi connectivity index (χ2n) is 8.65. The van der Waals surface area contributed by atoms with Gasteiger partial charge in [-0.3, -0.25) is 4.79 Å². The van der Waals surface area contributed by atoms with Crippen molar-refractivity contribution in [3.8, 4) is 11.1 Å². The molecule has 2 heterocycles. The van der Waals surface area contributed by atoms with Crippen molar-refractivity contribution in [3.05, 3.63) is 76.4 Å². The molecule has 0 aliphatic carbocycles. The smallest absolute Gasteiger partial charge is 0.304 e. The molecule has 1 unspecified atom stereocenters. The highest BCUT2D eigenvalue weighted by molar-refractivity contribution is 7.99. The lowest BCUT2D eigenvalue weighted by molar-refractivity contribution is -0.137. The zero-order valence-electron chi connectivity index (χ0n) is 18.7. The number of aromatic nitrogens is 1. The molecule has 0 spiro atoms. The molecule has 35 heavy (non-hydrogen) atoms. The molecule has 5 nitrogen and oxygen atoms in total. The third-order valence-corrected chi connectivity index (χ3v) is 8.99. The predicted octanol–water partition coefficient (Wildman–Crippen LogP) is 7.13. The quantitative estimate of drug-likeness (QED) is 0.278. The Morgan fingerprint density at radius 1 is 1.03 bits per heavy atom. The Morgan fingerprint density at radius 2 is 1.66 bits per heavy atom. The van der Waals surface area contributed by atoms with E-state index in [4.69, 9.17) is 23.2 Å². The molecule has 1 aliphatic rings. The van der Waals surface area contributed by atoms with Crippen LogP contribution in [0.15, 0.2) is 75.4 Å². The number of carboxylic acids is 1. The SMILES string of the molecule is CS(=O)(=O)c1cc(-c2ccc(Cl)cc2)cc2c1c(Sc1ccc(Cl)cc1)c1n2CCC1CC(=O)O. The summed E-state index contributed by atoms with van der Waals surface area (Å²) < 4.78 is 28.2. The van der Waals surface area contributed by atoms with E-state index in [2.05, 4.69) is 4.57 Å². The van der Waals surface area contributed by atoms with E-state index >= 15 is 0 Å². The van der Waals surface area contributed by atoms with Gasteiger partial charge in [-0.05, 0) is 66.1 Å². The zero-order valence-corrected chi connectivity index (χ0v) is 21.8. The standard InChI is InChI=1S/C26H21Cl2NO4S2/c1-35(32,33)22-13-17(15-2-4-18(27)5-3-15)12-21-24(22)26(34-20-8-6-19(28)7-9-20)25-16(14-23(30)31)10-11-29(21)25/h2-9,12-13,16H,10-11,14H2,1H3,(H,30,31). The second-order valence-corrected chi connectivity index (χ2v) is 12.6. The van der Waals surface area contributed by atoms with Gasteiger partial charge in [0.05, 0.1) is 16.8 Å². The Morgan fingerprint density at radius 3 is 2.26 bits per heavy atom. The summed E-state index contributed by atoms with van der Waals surface area (Å²) in [7, 11) is -3.61.